The second kappa shape index (κ2) is 7.99. The number of amides is 2. The number of carbonyl (C=O) groups excluding carboxylic acids is 2. The maximum Gasteiger partial charge on any atom is 0.409 e. The van der Waals surface area contributed by atoms with Crippen LogP contribution >= 0.6 is 0 Å². The Kier molecular flexibility index (Phi) is 5.75. The van der Waals surface area contributed by atoms with Gasteiger partial charge in [0.2, 0.25) is 5.91 Å². The van der Waals surface area contributed by atoms with E-state index in [0.717, 1.165) is 52.1 Å². The third-order valence-electron chi connectivity index (χ3n) is 5.41. The number of hydrogen-bond acceptors (Lipinski definition) is 4. The Morgan fingerprint density at radius 2 is 1.83 bits per heavy atom. The number of ether oxygens (including phenoxy) is 1. The van der Waals surface area contributed by atoms with E-state index in [1.54, 1.807) is 4.90 Å². The fraction of sp³-hybridized carbons (Fsp3) is 0.882. The highest BCUT2D eigenvalue weighted by molar-refractivity contribution is 5.76. The molecule has 0 spiro atoms. The summed E-state index contributed by atoms with van der Waals surface area (Å²) < 4.78 is 4.96. The van der Waals surface area contributed by atoms with Crippen molar-refractivity contribution in [1.29, 1.82) is 0 Å². The first-order chi connectivity index (χ1) is 11.2. The SMILES string of the molecule is O=C(CC1CCCC1)N1CCCN(CCN2CCOC2=O)CC1. The fourth-order valence-electron chi connectivity index (χ4n) is 3.93. The molecule has 2 amide bonds. The molecule has 0 atom stereocenters. The van der Waals surface area contributed by atoms with Crippen LogP contribution in [0, 0.1) is 5.92 Å². The van der Waals surface area contributed by atoms with Crippen LogP contribution in [0.4, 0.5) is 4.79 Å². The van der Waals surface area contributed by atoms with Gasteiger partial charge in [-0.3, -0.25) is 9.69 Å². The van der Waals surface area contributed by atoms with Crippen molar-refractivity contribution in [2.45, 2.75) is 38.5 Å². The van der Waals surface area contributed by atoms with Gasteiger partial charge in [0.25, 0.3) is 0 Å². The molecule has 2 aliphatic heterocycles. The molecule has 3 rings (SSSR count). The van der Waals surface area contributed by atoms with Gasteiger partial charge in [-0.2, -0.15) is 0 Å². The van der Waals surface area contributed by atoms with Crippen molar-refractivity contribution in [1.82, 2.24) is 14.7 Å². The van der Waals surface area contributed by atoms with Crippen LogP contribution in [0.3, 0.4) is 0 Å². The summed E-state index contributed by atoms with van der Waals surface area (Å²) >= 11 is 0. The number of rotatable bonds is 5. The highest BCUT2D eigenvalue weighted by Crippen LogP contribution is 2.28. The smallest absolute Gasteiger partial charge is 0.409 e. The van der Waals surface area contributed by atoms with Crippen molar-refractivity contribution < 1.29 is 14.3 Å². The van der Waals surface area contributed by atoms with Gasteiger partial charge in [-0.05, 0) is 31.7 Å². The summed E-state index contributed by atoms with van der Waals surface area (Å²) in [6, 6.07) is 0. The molecule has 0 bridgehead atoms. The minimum Gasteiger partial charge on any atom is -0.448 e. The Hall–Kier alpha value is -1.30. The van der Waals surface area contributed by atoms with Gasteiger partial charge in [0.15, 0.2) is 0 Å². The summed E-state index contributed by atoms with van der Waals surface area (Å²) in [6.45, 7) is 6.47. The first-order valence-electron chi connectivity index (χ1n) is 9.14. The van der Waals surface area contributed by atoms with E-state index in [9.17, 15) is 9.59 Å². The van der Waals surface area contributed by atoms with Gasteiger partial charge in [0.1, 0.15) is 6.61 Å². The van der Waals surface area contributed by atoms with E-state index in [4.69, 9.17) is 4.74 Å². The summed E-state index contributed by atoms with van der Waals surface area (Å²) in [4.78, 5) is 30.1. The molecule has 1 saturated carbocycles. The molecule has 130 valence electrons. The van der Waals surface area contributed by atoms with Gasteiger partial charge in [0.05, 0.1) is 6.54 Å². The van der Waals surface area contributed by atoms with Crippen LogP contribution < -0.4 is 0 Å². The average Bonchev–Trinajstić information content (AvgIpc) is 3.12. The first kappa shape index (κ1) is 16.6. The van der Waals surface area contributed by atoms with E-state index in [0.29, 0.717) is 25.0 Å². The molecule has 2 heterocycles. The van der Waals surface area contributed by atoms with E-state index in [1.165, 1.54) is 25.7 Å². The number of carbonyl (C=O) groups is 2. The highest BCUT2D eigenvalue weighted by atomic mass is 16.6. The third kappa shape index (κ3) is 4.59. The van der Waals surface area contributed by atoms with Gasteiger partial charge in [-0.15, -0.1) is 0 Å². The molecular weight excluding hydrogens is 294 g/mol. The molecule has 2 saturated heterocycles. The predicted octanol–water partition coefficient (Wildman–Crippen LogP) is 1.55. The summed E-state index contributed by atoms with van der Waals surface area (Å²) in [7, 11) is 0. The fourth-order valence-corrected chi connectivity index (χ4v) is 3.93. The van der Waals surface area contributed by atoms with Gasteiger partial charge < -0.3 is 14.5 Å². The topological polar surface area (TPSA) is 53.1 Å². The number of hydrogen-bond donors (Lipinski definition) is 0. The zero-order valence-corrected chi connectivity index (χ0v) is 14.0. The summed E-state index contributed by atoms with van der Waals surface area (Å²) in [5, 5.41) is 0. The van der Waals surface area contributed by atoms with Crippen LogP contribution in [-0.4, -0.2) is 79.1 Å². The Labute approximate surface area is 138 Å². The Balaban J connectivity index is 1.39. The quantitative estimate of drug-likeness (QED) is 0.770. The van der Waals surface area contributed by atoms with Crippen molar-refractivity contribution in [2.75, 3.05) is 52.4 Å². The maximum absolute atomic E-state index is 12.5. The van der Waals surface area contributed by atoms with E-state index in [-0.39, 0.29) is 6.09 Å². The van der Waals surface area contributed by atoms with Gasteiger partial charge >= 0.3 is 6.09 Å². The molecular formula is C17H29N3O3. The molecule has 3 fully saturated rings. The van der Waals surface area contributed by atoms with E-state index in [2.05, 4.69) is 9.80 Å². The van der Waals surface area contributed by atoms with Crippen molar-refractivity contribution >= 4 is 12.0 Å². The van der Waals surface area contributed by atoms with Gasteiger partial charge in [0, 0.05) is 39.1 Å². The van der Waals surface area contributed by atoms with E-state index >= 15 is 0 Å². The number of cyclic esters (lactones) is 1. The van der Waals surface area contributed by atoms with Crippen molar-refractivity contribution in [3.8, 4) is 0 Å². The van der Waals surface area contributed by atoms with Gasteiger partial charge in [-0.25, -0.2) is 4.79 Å². The van der Waals surface area contributed by atoms with Crippen LogP contribution in [0.5, 0.6) is 0 Å². The van der Waals surface area contributed by atoms with Crippen molar-refractivity contribution in [2.24, 2.45) is 5.92 Å². The summed E-state index contributed by atoms with van der Waals surface area (Å²) in [5.74, 6) is 0.977. The normalized spacial score (nSPS) is 24.1. The minimum atomic E-state index is -0.187. The lowest BCUT2D eigenvalue weighted by Gasteiger charge is -2.24. The zero-order chi connectivity index (χ0) is 16.1. The summed E-state index contributed by atoms with van der Waals surface area (Å²) in [5.41, 5.74) is 0. The van der Waals surface area contributed by atoms with Crippen LogP contribution in [-0.2, 0) is 9.53 Å². The maximum atomic E-state index is 12.5. The average molecular weight is 323 g/mol. The Bertz CT molecular complexity index is 423. The molecule has 0 N–H and O–H groups in total. The minimum absolute atomic E-state index is 0.187. The Morgan fingerprint density at radius 1 is 1.00 bits per heavy atom. The Morgan fingerprint density at radius 3 is 2.57 bits per heavy atom. The van der Waals surface area contributed by atoms with Crippen LogP contribution in [0.1, 0.15) is 38.5 Å². The molecule has 0 unspecified atom stereocenters. The van der Waals surface area contributed by atoms with Crippen LogP contribution in [0.2, 0.25) is 0 Å². The third-order valence-corrected chi connectivity index (χ3v) is 5.41. The molecule has 6 nitrogen and oxygen atoms in total. The molecule has 0 radical (unpaired) electrons. The largest absolute Gasteiger partial charge is 0.448 e. The lowest BCUT2D eigenvalue weighted by molar-refractivity contribution is -0.132. The standard InChI is InChI=1S/C17H29N3O3/c21-16(14-15-4-1-2-5-15)19-7-3-6-18(8-10-19)9-11-20-12-13-23-17(20)22/h15H,1-14H2. The van der Waals surface area contributed by atoms with Crippen molar-refractivity contribution in [3.05, 3.63) is 0 Å². The highest BCUT2D eigenvalue weighted by Gasteiger charge is 2.25. The van der Waals surface area contributed by atoms with Gasteiger partial charge in [-0.1, -0.05) is 12.8 Å². The predicted molar refractivity (Wildman–Crippen MR) is 87.1 cm³/mol. The van der Waals surface area contributed by atoms with E-state index < -0.39 is 0 Å². The molecule has 1 aliphatic carbocycles. The van der Waals surface area contributed by atoms with Crippen LogP contribution in [0.15, 0.2) is 0 Å². The molecule has 6 heteroatoms. The molecule has 0 aromatic rings. The molecule has 0 aromatic heterocycles. The second-order valence-electron chi connectivity index (χ2n) is 7.03. The lowest BCUT2D eigenvalue weighted by Crippen LogP contribution is -2.39. The van der Waals surface area contributed by atoms with Crippen LogP contribution in [0.25, 0.3) is 0 Å². The lowest BCUT2D eigenvalue weighted by atomic mass is 10.0. The summed E-state index contributed by atoms with van der Waals surface area (Å²) in [6.07, 6.45) is 6.65. The monoisotopic (exact) mass is 323 g/mol. The molecule has 0 aromatic carbocycles. The first-order valence-corrected chi connectivity index (χ1v) is 9.14. The molecule has 3 aliphatic rings. The van der Waals surface area contributed by atoms with E-state index in [1.807, 2.05) is 0 Å². The zero-order valence-electron chi connectivity index (χ0n) is 14.0. The second-order valence-corrected chi connectivity index (χ2v) is 7.03. The molecule has 23 heavy (non-hydrogen) atoms. The van der Waals surface area contributed by atoms with Crippen molar-refractivity contribution in [3.63, 3.8) is 0 Å². The number of nitrogens with zero attached hydrogens (tertiary/aromatic N) is 3.